The summed E-state index contributed by atoms with van der Waals surface area (Å²) in [6.07, 6.45) is -0.486. The molecule has 1 atom stereocenters. The third-order valence-electron chi connectivity index (χ3n) is 7.04. The highest BCUT2D eigenvalue weighted by Crippen LogP contribution is 2.43. The molecule has 0 bridgehead atoms. The van der Waals surface area contributed by atoms with Gasteiger partial charge in [0.1, 0.15) is 18.5 Å². The van der Waals surface area contributed by atoms with Crippen LogP contribution in [0.15, 0.2) is 40.9 Å². The number of hydrogen-bond acceptors (Lipinski definition) is 7. The molecule has 218 valence electrons. The summed E-state index contributed by atoms with van der Waals surface area (Å²) in [5, 5.41) is 18.3. The van der Waals surface area contributed by atoms with Crippen LogP contribution >= 0.6 is 0 Å². The Morgan fingerprint density at radius 1 is 1.20 bits per heavy atom. The van der Waals surface area contributed by atoms with Gasteiger partial charge in [-0.1, -0.05) is 18.1 Å². The van der Waals surface area contributed by atoms with E-state index in [-0.39, 0.29) is 30.8 Å². The number of alkyl halides is 3. The van der Waals surface area contributed by atoms with Gasteiger partial charge in [0, 0.05) is 12.6 Å². The molecule has 2 aliphatic rings. The normalized spacial score (nSPS) is 17.7. The van der Waals surface area contributed by atoms with Gasteiger partial charge in [-0.15, -0.1) is 0 Å². The maximum atomic E-state index is 14.1. The number of pyridine rings is 1. The van der Waals surface area contributed by atoms with Crippen LogP contribution in [-0.2, 0) is 21.0 Å². The van der Waals surface area contributed by atoms with Gasteiger partial charge in [0.2, 0.25) is 5.88 Å². The highest BCUT2D eigenvalue weighted by atomic mass is 32.2. The second-order valence-electron chi connectivity index (χ2n) is 9.78. The molecule has 2 N–H and O–H groups in total. The maximum Gasteiger partial charge on any atom is 0.417 e. The summed E-state index contributed by atoms with van der Waals surface area (Å²) in [6, 6.07) is 5.48. The first-order valence-electron chi connectivity index (χ1n) is 13.0. The van der Waals surface area contributed by atoms with E-state index in [0.29, 0.717) is 12.3 Å². The molecule has 2 aromatic rings. The van der Waals surface area contributed by atoms with Gasteiger partial charge in [-0.3, -0.25) is 9.10 Å². The van der Waals surface area contributed by atoms with Crippen LogP contribution in [0.25, 0.3) is 5.57 Å². The number of allylic oxidation sites excluding steroid dienone is 2. The summed E-state index contributed by atoms with van der Waals surface area (Å²) in [5.74, 6) is -1.53. The van der Waals surface area contributed by atoms with Crippen molar-refractivity contribution in [2.45, 2.75) is 69.0 Å². The minimum absolute atomic E-state index is 0.0274. The zero-order valence-corrected chi connectivity index (χ0v) is 22.7. The zero-order chi connectivity index (χ0) is 29.1. The van der Waals surface area contributed by atoms with Gasteiger partial charge in [-0.2, -0.15) is 13.2 Å². The highest BCUT2D eigenvalue weighted by molar-refractivity contribution is 7.93. The number of aliphatic hydroxyl groups excluding tert-OH is 1. The molecule has 2 heterocycles. The molecule has 4 rings (SSSR count). The van der Waals surface area contributed by atoms with Crippen LogP contribution in [0, 0.1) is 0 Å². The van der Waals surface area contributed by atoms with E-state index >= 15 is 0 Å². The third kappa shape index (κ3) is 6.52. The summed E-state index contributed by atoms with van der Waals surface area (Å²) in [5.41, 5.74) is 1.84. The first-order chi connectivity index (χ1) is 18.9. The summed E-state index contributed by atoms with van der Waals surface area (Å²) >= 11 is 0. The predicted octanol–water partition coefficient (Wildman–Crippen LogP) is 5.03. The van der Waals surface area contributed by atoms with Crippen molar-refractivity contribution in [1.29, 1.82) is 0 Å². The highest BCUT2D eigenvalue weighted by Gasteiger charge is 2.40. The second-order valence-corrected chi connectivity index (χ2v) is 11.6. The van der Waals surface area contributed by atoms with E-state index in [4.69, 9.17) is 19.7 Å². The van der Waals surface area contributed by atoms with Gasteiger partial charge in [-0.25, -0.2) is 13.4 Å². The summed E-state index contributed by atoms with van der Waals surface area (Å²) in [7, 11) is -4.74. The average Bonchev–Trinajstić information content (AvgIpc) is 2.93. The van der Waals surface area contributed by atoms with Crippen LogP contribution in [0.3, 0.4) is 0 Å². The molecule has 9 nitrogen and oxygen atoms in total. The third-order valence-corrected chi connectivity index (χ3v) is 8.81. The Bertz CT molecular complexity index is 1380. The van der Waals surface area contributed by atoms with E-state index < -0.39 is 57.8 Å². The molecule has 1 fully saturated rings. The number of rotatable bonds is 9. The van der Waals surface area contributed by atoms with Crippen LogP contribution in [0.2, 0.25) is 0 Å². The number of carbonyl (C=O) groups is 1. The lowest BCUT2D eigenvalue weighted by Gasteiger charge is -2.36. The molecular weight excluding hydrogens is 553 g/mol. The van der Waals surface area contributed by atoms with Gasteiger partial charge in [0.25, 0.3) is 10.0 Å². The molecule has 1 aromatic heterocycles. The first-order valence-corrected chi connectivity index (χ1v) is 14.4. The molecule has 0 saturated heterocycles. The molecule has 0 amide bonds. The molecule has 1 aliphatic heterocycles. The number of hydrogen-bond donors (Lipinski definition) is 2. The van der Waals surface area contributed by atoms with Crippen molar-refractivity contribution >= 4 is 27.3 Å². The SMILES string of the molecule is CC(=C1CCCCC1)c1ccc2c(c1)N(S(=O)(=O)c1cc(C(F)(F)F)cnc1OCCO)CC(CCC(=O)O)O2. The Morgan fingerprint density at radius 2 is 1.93 bits per heavy atom. The van der Waals surface area contributed by atoms with E-state index in [1.165, 1.54) is 5.57 Å². The molecule has 13 heteroatoms. The van der Waals surface area contributed by atoms with Crippen molar-refractivity contribution in [3.8, 4) is 11.6 Å². The van der Waals surface area contributed by atoms with Crippen LogP contribution in [0.1, 0.15) is 63.0 Å². The molecule has 1 aliphatic carbocycles. The Kier molecular flexibility index (Phi) is 8.93. The van der Waals surface area contributed by atoms with Crippen molar-refractivity contribution in [3.05, 3.63) is 47.2 Å². The number of aliphatic carboxylic acids is 1. The molecule has 1 unspecified atom stereocenters. The number of carboxylic acids is 1. The van der Waals surface area contributed by atoms with Gasteiger partial charge in [-0.05, 0) is 68.4 Å². The number of fused-ring (bicyclic) bond motifs is 1. The van der Waals surface area contributed by atoms with E-state index in [1.54, 1.807) is 18.2 Å². The molecule has 1 aromatic carbocycles. The molecule has 1 saturated carbocycles. The monoisotopic (exact) mass is 584 g/mol. The number of halogens is 3. The quantitative estimate of drug-likeness (QED) is 0.420. The van der Waals surface area contributed by atoms with E-state index in [0.717, 1.165) is 47.5 Å². The fraction of sp³-hybridized carbons (Fsp3) is 0.481. The molecule has 0 radical (unpaired) electrons. The first kappa shape index (κ1) is 29.7. The summed E-state index contributed by atoms with van der Waals surface area (Å²) in [4.78, 5) is 14.0. The number of anilines is 1. The van der Waals surface area contributed by atoms with E-state index in [1.807, 2.05) is 6.92 Å². The predicted molar refractivity (Wildman–Crippen MR) is 140 cm³/mol. The average molecular weight is 585 g/mol. The smallest absolute Gasteiger partial charge is 0.417 e. The van der Waals surface area contributed by atoms with Crippen LogP contribution in [0.5, 0.6) is 11.6 Å². The van der Waals surface area contributed by atoms with E-state index in [2.05, 4.69) is 4.98 Å². The lowest BCUT2D eigenvalue weighted by atomic mass is 9.89. The number of nitrogens with zero attached hydrogens (tertiary/aromatic N) is 2. The Morgan fingerprint density at radius 3 is 2.58 bits per heavy atom. The fourth-order valence-electron chi connectivity index (χ4n) is 4.91. The summed E-state index contributed by atoms with van der Waals surface area (Å²) in [6.45, 7) is 0.714. The van der Waals surface area contributed by atoms with E-state index in [9.17, 15) is 26.4 Å². The van der Waals surface area contributed by atoms with Gasteiger partial charge in [0.05, 0.1) is 24.4 Å². The van der Waals surface area contributed by atoms with Gasteiger partial charge >= 0.3 is 12.1 Å². The standard InChI is InChI=1S/C27H31F3N2O7S/c1-17(18-5-3-2-4-6-18)19-7-9-23-22(13-19)32(16-21(39-23)8-10-25(34)35)40(36,37)24-14-20(27(28,29)30)15-31-26(24)38-12-11-33/h7,9,13-15,21,33H,2-6,8,10-12,16H2,1H3,(H,34,35). The van der Waals surface area contributed by atoms with Crippen LogP contribution in [0.4, 0.5) is 18.9 Å². The van der Waals surface area contributed by atoms with Crippen molar-refractivity contribution in [1.82, 2.24) is 4.98 Å². The Hall–Kier alpha value is -3.32. The van der Waals surface area contributed by atoms with Gasteiger partial charge < -0.3 is 19.7 Å². The van der Waals surface area contributed by atoms with Crippen LogP contribution < -0.4 is 13.8 Å². The Labute approximate surface area is 230 Å². The maximum absolute atomic E-state index is 14.1. The number of aromatic nitrogens is 1. The lowest BCUT2D eigenvalue weighted by Crippen LogP contribution is -2.44. The van der Waals surface area contributed by atoms with Crippen LogP contribution in [-0.4, -0.2) is 55.4 Å². The number of carboxylic acid groups (broad SMARTS) is 1. The van der Waals surface area contributed by atoms with Crippen molar-refractivity contribution in [2.75, 3.05) is 24.1 Å². The minimum Gasteiger partial charge on any atom is -0.486 e. The topological polar surface area (TPSA) is 126 Å². The lowest BCUT2D eigenvalue weighted by molar-refractivity contribution is -0.138. The molecule has 40 heavy (non-hydrogen) atoms. The molecule has 0 spiro atoms. The second kappa shape index (κ2) is 12.0. The Balaban J connectivity index is 1.84. The zero-order valence-electron chi connectivity index (χ0n) is 21.9. The number of aliphatic hydroxyl groups is 1. The number of ether oxygens (including phenoxy) is 2. The van der Waals surface area contributed by atoms with Crippen molar-refractivity contribution < 1.29 is 46.1 Å². The molecular formula is C27H31F3N2O7S. The van der Waals surface area contributed by atoms with Crippen molar-refractivity contribution in [3.63, 3.8) is 0 Å². The number of sulfonamides is 1. The summed E-state index contributed by atoms with van der Waals surface area (Å²) < 4.78 is 80.9. The van der Waals surface area contributed by atoms with Gasteiger partial charge in [0.15, 0.2) is 4.90 Å². The minimum atomic E-state index is -4.88. The number of benzene rings is 1. The van der Waals surface area contributed by atoms with Crippen molar-refractivity contribution in [2.24, 2.45) is 0 Å². The largest absolute Gasteiger partial charge is 0.486 e. The fourth-order valence-corrected chi connectivity index (χ4v) is 6.52.